The molecule has 0 fully saturated rings. The molecule has 1 aromatic carbocycles. The van der Waals surface area contributed by atoms with Crippen LogP contribution in [0.1, 0.15) is 17.3 Å². The van der Waals surface area contributed by atoms with E-state index in [1.165, 1.54) is 14.2 Å². The summed E-state index contributed by atoms with van der Waals surface area (Å²) in [5, 5.41) is 0. The van der Waals surface area contributed by atoms with Crippen molar-refractivity contribution in [1.29, 1.82) is 0 Å². The van der Waals surface area contributed by atoms with Crippen molar-refractivity contribution in [2.75, 3.05) is 27.9 Å². The van der Waals surface area contributed by atoms with Gasteiger partial charge in [-0.15, -0.1) is 0 Å². The van der Waals surface area contributed by atoms with Gasteiger partial charge in [-0.2, -0.15) is 0 Å². The van der Waals surface area contributed by atoms with Crippen molar-refractivity contribution >= 4 is 5.97 Å². The highest BCUT2D eigenvalue weighted by Gasteiger charge is 2.11. The molecule has 0 spiro atoms. The Hall–Kier alpha value is -1.75. The van der Waals surface area contributed by atoms with Gasteiger partial charge in [0.15, 0.2) is 0 Å². The zero-order chi connectivity index (χ0) is 13.5. The lowest BCUT2D eigenvalue weighted by molar-refractivity contribution is 0.0598. The van der Waals surface area contributed by atoms with Gasteiger partial charge < -0.3 is 18.9 Å². The molecule has 5 nitrogen and oxygen atoms in total. The highest BCUT2D eigenvalue weighted by molar-refractivity contribution is 5.90. The molecule has 100 valence electrons. The molecule has 0 radical (unpaired) electrons. The molecule has 0 aromatic heterocycles. The van der Waals surface area contributed by atoms with E-state index >= 15 is 0 Å². The number of methoxy groups -OCH3 is 3. The minimum atomic E-state index is -0.432. The maximum atomic E-state index is 11.5. The summed E-state index contributed by atoms with van der Waals surface area (Å²) >= 11 is 0. The Labute approximate surface area is 107 Å². The number of hydrogen-bond acceptors (Lipinski definition) is 5. The van der Waals surface area contributed by atoms with Crippen molar-refractivity contribution in [2.45, 2.75) is 13.0 Å². The van der Waals surface area contributed by atoms with Gasteiger partial charge >= 0.3 is 5.97 Å². The summed E-state index contributed by atoms with van der Waals surface area (Å²) in [6.07, 6.45) is -0.118. The van der Waals surface area contributed by atoms with Crippen LogP contribution in [0.3, 0.4) is 0 Å². The Morgan fingerprint density at radius 2 is 1.83 bits per heavy atom. The minimum Gasteiger partial charge on any atom is -0.497 e. The van der Waals surface area contributed by atoms with Crippen molar-refractivity contribution in [2.24, 2.45) is 0 Å². The first kappa shape index (κ1) is 14.3. The maximum absolute atomic E-state index is 11.5. The van der Waals surface area contributed by atoms with E-state index < -0.39 is 5.97 Å². The molecule has 0 unspecified atom stereocenters. The van der Waals surface area contributed by atoms with Crippen LogP contribution in [-0.2, 0) is 9.47 Å². The summed E-state index contributed by atoms with van der Waals surface area (Å²) in [5.74, 6) is 0.648. The van der Waals surface area contributed by atoms with Crippen molar-refractivity contribution in [3.8, 4) is 11.5 Å². The van der Waals surface area contributed by atoms with Gasteiger partial charge in [0.1, 0.15) is 17.6 Å². The predicted molar refractivity (Wildman–Crippen MR) is 66.3 cm³/mol. The van der Waals surface area contributed by atoms with E-state index in [2.05, 4.69) is 4.74 Å². The second-order valence-electron chi connectivity index (χ2n) is 3.77. The molecule has 5 heteroatoms. The number of ether oxygens (including phenoxy) is 4. The van der Waals surface area contributed by atoms with E-state index in [1.54, 1.807) is 25.3 Å². The standard InChI is InChI=1S/C13H18O5/c1-9(8-15-2)18-12-6-10(13(14)17-4)5-11(7-12)16-3/h5-7,9H,8H2,1-4H3/t9-/m0/s1. The average molecular weight is 254 g/mol. The fraction of sp³-hybridized carbons (Fsp3) is 0.462. The van der Waals surface area contributed by atoms with E-state index in [9.17, 15) is 4.79 Å². The fourth-order valence-corrected chi connectivity index (χ4v) is 1.49. The van der Waals surface area contributed by atoms with E-state index in [0.717, 1.165) is 0 Å². The van der Waals surface area contributed by atoms with Gasteiger partial charge in [0, 0.05) is 13.2 Å². The summed E-state index contributed by atoms with van der Waals surface area (Å²) < 4.78 is 20.4. The first-order chi connectivity index (χ1) is 8.60. The normalized spacial score (nSPS) is 11.8. The number of benzene rings is 1. The predicted octanol–water partition coefficient (Wildman–Crippen LogP) is 1.90. The average Bonchev–Trinajstić information content (AvgIpc) is 2.37. The zero-order valence-corrected chi connectivity index (χ0v) is 11.1. The van der Waals surface area contributed by atoms with Gasteiger partial charge in [-0.1, -0.05) is 0 Å². The number of rotatable bonds is 6. The van der Waals surface area contributed by atoms with Crippen molar-refractivity contribution in [1.82, 2.24) is 0 Å². The van der Waals surface area contributed by atoms with E-state index in [-0.39, 0.29) is 6.10 Å². The zero-order valence-electron chi connectivity index (χ0n) is 11.1. The summed E-state index contributed by atoms with van der Waals surface area (Å²) in [6, 6.07) is 4.92. The lowest BCUT2D eigenvalue weighted by atomic mass is 10.2. The van der Waals surface area contributed by atoms with Crippen LogP contribution < -0.4 is 9.47 Å². The van der Waals surface area contributed by atoms with Crippen molar-refractivity contribution < 1.29 is 23.7 Å². The van der Waals surface area contributed by atoms with Gasteiger partial charge in [0.25, 0.3) is 0 Å². The molecule has 0 bridgehead atoms. The summed E-state index contributed by atoms with van der Waals surface area (Å²) in [4.78, 5) is 11.5. The number of carbonyl (C=O) groups is 1. The molecule has 0 saturated carbocycles. The Kier molecular flexibility index (Phi) is 5.45. The second-order valence-corrected chi connectivity index (χ2v) is 3.77. The lowest BCUT2D eigenvalue weighted by Crippen LogP contribution is -2.18. The van der Waals surface area contributed by atoms with Gasteiger partial charge in [-0.3, -0.25) is 0 Å². The molecule has 1 rings (SSSR count). The smallest absolute Gasteiger partial charge is 0.338 e. The van der Waals surface area contributed by atoms with E-state index in [4.69, 9.17) is 14.2 Å². The highest BCUT2D eigenvalue weighted by atomic mass is 16.5. The quantitative estimate of drug-likeness (QED) is 0.726. The van der Waals surface area contributed by atoms with Gasteiger partial charge in [0.2, 0.25) is 0 Å². The number of hydrogen-bond donors (Lipinski definition) is 0. The number of esters is 1. The maximum Gasteiger partial charge on any atom is 0.338 e. The molecule has 0 amide bonds. The van der Waals surface area contributed by atoms with Crippen molar-refractivity contribution in [3.63, 3.8) is 0 Å². The molecular formula is C13H18O5. The molecular weight excluding hydrogens is 236 g/mol. The van der Waals surface area contributed by atoms with Gasteiger partial charge in [-0.25, -0.2) is 4.79 Å². The van der Waals surface area contributed by atoms with Crippen LogP contribution in [0.4, 0.5) is 0 Å². The molecule has 0 heterocycles. The third kappa shape index (κ3) is 3.92. The summed E-state index contributed by atoms with van der Waals surface area (Å²) in [7, 11) is 4.46. The second kappa shape index (κ2) is 6.86. The third-order valence-electron chi connectivity index (χ3n) is 2.28. The first-order valence-electron chi connectivity index (χ1n) is 5.53. The van der Waals surface area contributed by atoms with Crippen LogP contribution in [0.15, 0.2) is 18.2 Å². The Balaban J connectivity index is 2.93. The molecule has 1 atom stereocenters. The van der Waals surface area contributed by atoms with Crippen LogP contribution in [0.5, 0.6) is 11.5 Å². The first-order valence-corrected chi connectivity index (χ1v) is 5.53. The molecule has 1 aromatic rings. The van der Waals surface area contributed by atoms with Crippen molar-refractivity contribution in [3.05, 3.63) is 23.8 Å². The fourth-order valence-electron chi connectivity index (χ4n) is 1.49. The molecule has 0 aliphatic rings. The monoisotopic (exact) mass is 254 g/mol. The Morgan fingerprint density at radius 3 is 2.39 bits per heavy atom. The van der Waals surface area contributed by atoms with Crippen LogP contribution in [-0.4, -0.2) is 40.0 Å². The van der Waals surface area contributed by atoms with E-state index in [0.29, 0.717) is 23.7 Å². The van der Waals surface area contributed by atoms with Gasteiger partial charge in [-0.05, 0) is 19.1 Å². The minimum absolute atomic E-state index is 0.118. The third-order valence-corrected chi connectivity index (χ3v) is 2.28. The lowest BCUT2D eigenvalue weighted by Gasteiger charge is -2.15. The molecule has 18 heavy (non-hydrogen) atoms. The SMILES string of the molecule is COC[C@H](C)Oc1cc(OC)cc(C(=O)OC)c1. The molecule has 0 aliphatic heterocycles. The summed E-state index contributed by atoms with van der Waals surface area (Å²) in [5.41, 5.74) is 0.386. The largest absolute Gasteiger partial charge is 0.497 e. The van der Waals surface area contributed by atoms with Crippen LogP contribution in [0.2, 0.25) is 0 Å². The molecule has 0 aliphatic carbocycles. The van der Waals surface area contributed by atoms with E-state index in [1.807, 2.05) is 6.92 Å². The number of carbonyl (C=O) groups excluding carboxylic acids is 1. The van der Waals surface area contributed by atoms with Crippen LogP contribution in [0.25, 0.3) is 0 Å². The summed E-state index contributed by atoms with van der Waals surface area (Å²) in [6.45, 7) is 2.34. The molecule has 0 N–H and O–H groups in total. The van der Waals surface area contributed by atoms with Crippen LogP contribution in [0, 0.1) is 0 Å². The topological polar surface area (TPSA) is 54.0 Å². The van der Waals surface area contributed by atoms with Crippen LogP contribution >= 0.6 is 0 Å². The molecule has 0 saturated heterocycles. The highest BCUT2D eigenvalue weighted by Crippen LogP contribution is 2.24. The Morgan fingerprint density at radius 1 is 1.17 bits per heavy atom. The van der Waals surface area contributed by atoms with Gasteiger partial charge in [0.05, 0.1) is 26.4 Å². The Bertz CT molecular complexity index is 402.